The quantitative estimate of drug-likeness (QED) is 0.471. The second kappa shape index (κ2) is 8.08. The van der Waals surface area contributed by atoms with Crippen LogP contribution in [0.3, 0.4) is 0 Å². The SMILES string of the molecule is CCCc1ccc(C(F)(F)Oc2ccc(OC)c(C(F)(F)F)c2C(F)(F)F)cc1. The molecule has 2 rings (SSSR count). The number of halogens is 8. The maximum atomic E-state index is 14.4. The van der Waals surface area contributed by atoms with Crippen molar-refractivity contribution in [2.24, 2.45) is 0 Å². The van der Waals surface area contributed by atoms with Crippen molar-refractivity contribution >= 4 is 0 Å². The summed E-state index contributed by atoms with van der Waals surface area (Å²) in [6, 6.07) is 5.45. The Morgan fingerprint density at radius 3 is 1.66 bits per heavy atom. The number of ether oxygens (including phenoxy) is 2. The van der Waals surface area contributed by atoms with E-state index in [-0.39, 0.29) is 0 Å². The zero-order valence-corrected chi connectivity index (χ0v) is 15.2. The van der Waals surface area contributed by atoms with E-state index in [1.807, 2.05) is 6.92 Å². The van der Waals surface area contributed by atoms with Crippen LogP contribution in [0, 0.1) is 0 Å². The summed E-state index contributed by atoms with van der Waals surface area (Å²) in [6.07, 6.45) is -14.1. The molecule has 0 spiro atoms. The van der Waals surface area contributed by atoms with Crippen molar-refractivity contribution in [1.82, 2.24) is 0 Å². The first-order valence-electron chi connectivity index (χ1n) is 8.33. The normalized spacial score (nSPS) is 12.8. The van der Waals surface area contributed by atoms with Gasteiger partial charge >= 0.3 is 18.5 Å². The highest BCUT2D eigenvalue weighted by Crippen LogP contribution is 2.50. The van der Waals surface area contributed by atoms with Gasteiger partial charge in [-0.05, 0) is 36.2 Å². The fourth-order valence-electron chi connectivity index (χ4n) is 2.73. The van der Waals surface area contributed by atoms with E-state index < -0.39 is 46.7 Å². The minimum absolute atomic E-state index is 0.371. The van der Waals surface area contributed by atoms with Crippen LogP contribution < -0.4 is 9.47 Å². The molecular formula is C19H16F8O2. The minimum atomic E-state index is -5.63. The Hall–Kier alpha value is -2.52. The predicted molar refractivity (Wildman–Crippen MR) is 88.0 cm³/mol. The van der Waals surface area contributed by atoms with Crippen LogP contribution in [-0.2, 0) is 24.9 Å². The summed E-state index contributed by atoms with van der Waals surface area (Å²) in [7, 11) is 0.734. The molecule has 2 aromatic carbocycles. The molecule has 0 aliphatic carbocycles. The number of aryl methyl sites for hydroxylation is 1. The number of hydrogen-bond acceptors (Lipinski definition) is 2. The van der Waals surface area contributed by atoms with Gasteiger partial charge < -0.3 is 9.47 Å². The van der Waals surface area contributed by atoms with E-state index in [1.54, 1.807) is 0 Å². The molecule has 0 fully saturated rings. The molecule has 0 heterocycles. The monoisotopic (exact) mass is 428 g/mol. The van der Waals surface area contributed by atoms with Gasteiger partial charge in [0.1, 0.15) is 22.6 Å². The predicted octanol–water partition coefficient (Wildman–Crippen LogP) is 6.81. The molecule has 0 saturated heterocycles. The van der Waals surface area contributed by atoms with Gasteiger partial charge in [0.25, 0.3) is 0 Å². The van der Waals surface area contributed by atoms with Crippen molar-refractivity contribution in [2.75, 3.05) is 7.11 Å². The molecular weight excluding hydrogens is 412 g/mol. The van der Waals surface area contributed by atoms with Crippen molar-refractivity contribution in [2.45, 2.75) is 38.2 Å². The van der Waals surface area contributed by atoms with Crippen LogP contribution in [-0.4, -0.2) is 7.11 Å². The molecule has 0 atom stereocenters. The Kier molecular flexibility index (Phi) is 6.34. The summed E-state index contributed by atoms with van der Waals surface area (Å²) < 4.78 is 117. The molecule has 0 radical (unpaired) electrons. The van der Waals surface area contributed by atoms with E-state index in [0.29, 0.717) is 24.1 Å². The van der Waals surface area contributed by atoms with Gasteiger partial charge in [-0.15, -0.1) is 0 Å². The van der Waals surface area contributed by atoms with Gasteiger partial charge in [-0.25, -0.2) is 0 Å². The second-order valence-electron chi connectivity index (χ2n) is 6.08. The lowest BCUT2D eigenvalue weighted by Crippen LogP contribution is -2.26. The van der Waals surface area contributed by atoms with E-state index in [9.17, 15) is 35.1 Å². The van der Waals surface area contributed by atoms with E-state index in [1.165, 1.54) is 12.1 Å². The van der Waals surface area contributed by atoms with E-state index in [2.05, 4.69) is 9.47 Å². The van der Waals surface area contributed by atoms with Gasteiger partial charge in [-0.2, -0.15) is 35.1 Å². The van der Waals surface area contributed by atoms with Crippen molar-refractivity contribution in [3.05, 3.63) is 58.7 Å². The zero-order chi connectivity index (χ0) is 22.0. The van der Waals surface area contributed by atoms with Crippen LogP contribution in [0.15, 0.2) is 36.4 Å². The number of benzene rings is 2. The van der Waals surface area contributed by atoms with Gasteiger partial charge in [-0.1, -0.05) is 25.5 Å². The highest BCUT2D eigenvalue weighted by atomic mass is 19.4. The smallest absolute Gasteiger partial charge is 0.426 e. The minimum Gasteiger partial charge on any atom is -0.496 e. The Labute approximate surface area is 161 Å². The average Bonchev–Trinajstić information content (AvgIpc) is 2.60. The van der Waals surface area contributed by atoms with E-state index in [4.69, 9.17) is 0 Å². The molecule has 0 aliphatic rings. The van der Waals surface area contributed by atoms with Crippen molar-refractivity contribution in [3.63, 3.8) is 0 Å². The van der Waals surface area contributed by atoms with Gasteiger partial charge in [0.05, 0.1) is 12.7 Å². The lowest BCUT2D eigenvalue weighted by atomic mass is 10.0. The third kappa shape index (κ3) is 5.10. The highest BCUT2D eigenvalue weighted by molar-refractivity contribution is 5.52. The summed E-state index contributed by atoms with van der Waals surface area (Å²) >= 11 is 0. The largest absolute Gasteiger partial charge is 0.496 e. The molecule has 0 N–H and O–H groups in total. The lowest BCUT2D eigenvalue weighted by molar-refractivity contribution is -0.194. The third-order valence-electron chi connectivity index (χ3n) is 3.98. The van der Waals surface area contributed by atoms with Crippen LogP contribution in [0.4, 0.5) is 35.1 Å². The van der Waals surface area contributed by atoms with Crippen LogP contribution in [0.1, 0.15) is 35.6 Å². The topological polar surface area (TPSA) is 18.5 Å². The van der Waals surface area contributed by atoms with Gasteiger partial charge in [-0.3, -0.25) is 0 Å². The van der Waals surface area contributed by atoms with Crippen molar-refractivity contribution in [1.29, 1.82) is 0 Å². The number of alkyl halides is 8. The second-order valence-corrected chi connectivity index (χ2v) is 6.08. The lowest BCUT2D eigenvalue weighted by Gasteiger charge is -2.24. The fraction of sp³-hybridized carbons (Fsp3) is 0.368. The summed E-state index contributed by atoms with van der Waals surface area (Å²) in [5, 5.41) is 0. The molecule has 10 heteroatoms. The molecule has 2 aromatic rings. The Balaban J connectivity index is 2.56. The highest BCUT2D eigenvalue weighted by Gasteiger charge is 2.49. The first-order chi connectivity index (χ1) is 13.3. The summed E-state index contributed by atoms with van der Waals surface area (Å²) in [5.74, 6) is -2.82. The van der Waals surface area contributed by atoms with Gasteiger partial charge in [0.15, 0.2) is 0 Å². The number of methoxy groups -OCH3 is 1. The Morgan fingerprint density at radius 2 is 1.21 bits per heavy atom. The molecule has 160 valence electrons. The molecule has 2 nitrogen and oxygen atoms in total. The van der Waals surface area contributed by atoms with Crippen molar-refractivity contribution < 1.29 is 44.6 Å². The zero-order valence-electron chi connectivity index (χ0n) is 15.2. The Bertz CT molecular complexity index is 839. The van der Waals surface area contributed by atoms with E-state index in [0.717, 1.165) is 25.7 Å². The van der Waals surface area contributed by atoms with Crippen LogP contribution in [0.2, 0.25) is 0 Å². The molecule has 0 aromatic heterocycles. The maximum Gasteiger partial charge on any atom is 0.426 e. The van der Waals surface area contributed by atoms with E-state index >= 15 is 0 Å². The maximum absolute atomic E-state index is 14.4. The molecule has 0 unspecified atom stereocenters. The first-order valence-corrected chi connectivity index (χ1v) is 8.33. The van der Waals surface area contributed by atoms with Crippen LogP contribution >= 0.6 is 0 Å². The fourth-order valence-corrected chi connectivity index (χ4v) is 2.73. The Morgan fingerprint density at radius 1 is 0.724 bits per heavy atom. The van der Waals surface area contributed by atoms with Crippen molar-refractivity contribution in [3.8, 4) is 11.5 Å². The number of rotatable bonds is 6. The summed E-state index contributed by atoms with van der Waals surface area (Å²) in [5.41, 5.74) is -4.70. The number of hydrogen-bond donors (Lipinski definition) is 0. The summed E-state index contributed by atoms with van der Waals surface area (Å²) in [6.45, 7) is 1.87. The van der Waals surface area contributed by atoms with Crippen LogP contribution in [0.25, 0.3) is 0 Å². The third-order valence-corrected chi connectivity index (χ3v) is 3.98. The molecule has 0 aliphatic heterocycles. The molecule has 29 heavy (non-hydrogen) atoms. The van der Waals surface area contributed by atoms with Crippen LogP contribution in [0.5, 0.6) is 11.5 Å². The molecule has 0 amide bonds. The summed E-state index contributed by atoms with van der Waals surface area (Å²) in [4.78, 5) is 0. The first kappa shape index (κ1) is 22.8. The standard InChI is InChI=1S/C19H16F8O2/c1-3-4-11-5-7-12(8-6-11)19(26,27)29-14-10-9-13(28-2)15(17(20,21)22)16(14)18(23,24)25/h5-10H,3-4H2,1-2H3. The molecule has 0 bridgehead atoms. The van der Waals surface area contributed by atoms with Gasteiger partial charge in [0.2, 0.25) is 0 Å². The van der Waals surface area contributed by atoms with Gasteiger partial charge in [0, 0.05) is 0 Å². The molecule has 0 saturated carbocycles. The average molecular weight is 428 g/mol.